The largest absolute Gasteiger partial charge is 0.392 e. The van der Waals surface area contributed by atoms with Crippen LogP contribution in [-0.2, 0) is 11.4 Å². The Hall–Kier alpha value is -2.51. The van der Waals surface area contributed by atoms with Gasteiger partial charge in [-0.2, -0.15) is 5.10 Å². The van der Waals surface area contributed by atoms with Gasteiger partial charge in [-0.05, 0) is 43.4 Å². The van der Waals surface area contributed by atoms with E-state index in [9.17, 15) is 9.90 Å². The number of aromatic nitrogens is 3. The number of hydrogen-bond donors (Lipinski definition) is 2. The summed E-state index contributed by atoms with van der Waals surface area (Å²) in [4.78, 5) is 18.1. The van der Waals surface area contributed by atoms with Crippen LogP contribution < -0.4 is 5.32 Å². The molecular weight excluding hydrogens is 348 g/mol. The molecular formula is C19H20N4O2S. The van der Waals surface area contributed by atoms with Crippen LogP contribution in [0, 0.1) is 0 Å². The Balaban J connectivity index is 1.46. The Morgan fingerprint density at radius 2 is 2.27 bits per heavy atom. The summed E-state index contributed by atoms with van der Waals surface area (Å²) in [6.45, 7) is 1.84. The van der Waals surface area contributed by atoms with Crippen LogP contribution in [-0.4, -0.2) is 25.8 Å². The molecule has 1 fully saturated rings. The van der Waals surface area contributed by atoms with Crippen molar-refractivity contribution in [2.75, 3.05) is 5.32 Å². The molecule has 0 saturated heterocycles. The summed E-state index contributed by atoms with van der Waals surface area (Å²) in [6, 6.07) is 7.51. The highest BCUT2D eigenvalue weighted by atomic mass is 32.1. The fourth-order valence-electron chi connectivity index (χ4n) is 2.76. The molecule has 0 aliphatic heterocycles. The van der Waals surface area contributed by atoms with Crippen LogP contribution in [0.25, 0.3) is 5.69 Å². The second kappa shape index (κ2) is 7.01. The standard InChI is InChI=1S/C19H20N4O2S/c1-12(18(25)22-19-20-9-17(26-19)14-5-6-14)15-8-21-23(10-15)16-4-2-3-13(7-16)11-24/h2-4,7-10,12,14,24H,5-6,11H2,1H3,(H,20,22,25)/t12-/m0/s1. The van der Waals surface area contributed by atoms with Crippen LogP contribution in [0.15, 0.2) is 42.9 Å². The van der Waals surface area contributed by atoms with Crippen molar-refractivity contribution in [2.45, 2.75) is 38.2 Å². The first-order valence-electron chi connectivity index (χ1n) is 8.65. The predicted molar refractivity (Wildman–Crippen MR) is 101 cm³/mol. The molecule has 1 atom stereocenters. The summed E-state index contributed by atoms with van der Waals surface area (Å²) in [5.74, 6) is 0.215. The molecule has 7 heteroatoms. The molecule has 0 radical (unpaired) electrons. The van der Waals surface area contributed by atoms with Crippen molar-refractivity contribution in [3.05, 3.63) is 58.9 Å². The molecule has 6 nitrogen and oxygen atoms in total. The van der Waals surface area contributed by atoms with Crippen molar-refractivity contribution in [2.24, 2.45) is 0 Å². The van der Waals surface area contributed by atoms with Gasteiger partial charge in [0.1, 0.15) is 0 Å². The highest BCUT2D eigenvalue weighted by Crippen LogP contribution is 2.43. The van der Waals surface area contributed by atoms with E-state index in [1.807, 2.05) is 43.6 Å². The van der Waals surface area contributed by atoms with Gasteiger partial charge in [0.25, 0.3) is 0 Å². The molecule has 26 heavy (non-hydrogen) atoms. The summed E-state index contributed by atoms with van der Waals surface area (Å²) in [7, 11) is 0. The first kappa shape index (κ1) is 16.9. The second-order valence-electron chi connectivity index (χ2n) is 6.60. The summed E-state index contributed by atoms with van der Waals surface area (Å²) < 4.78 is 1.72. The predicted octanol–water partition coefficient (Wildman–Crippen LogP) is 3.44. The second-order valence-corrected chi connectivity index (χ2v) is 7.66. The van der Waals surface area contributed by atoms with E-state index >= 15 is 0 Å². The third-order valence-corrected chi connectivity index (χ3v) is 5.66. The third-order valence-electron chi connectivity index (χ3n) is 4.59. The van der Waals surface area contributed by atoms with Gasteiger partial charge in [0.2, 0.25) is 5.91 Å². The van der Waals surface area contributed by atoms with E-state index in [-0.39, 0.29) is 18.4 Å². The average molecular weight is 368 g/mol. The lowest BCUT2D eigenvalue weighted by Crippen LogP contribution is -2.18. The number of nitrogens with zero attached hydrogens (tertiary/aromatic N) is 3. The fourth-order valence-corrected chi connectivity index (χ4v) is 3.75. The number of carbonyl (C=O) groups excluding carboxylic acids is 1. The molecule has 1 aromatic carbocycles. The number of benzene rings is 1. The zero-order valence-corrected chi connectivity index (χ0v) is 15.2. The van der Waals surface area contributed by atoms with Crippen molar-refractivity contribution in [1.29, 1.82) is 0 Å². The molecule has 2 heterocycles. The minimum atomic E-state index is -0.335. The molecule has 4 rings (SSSR count). The number of aliphatic hydroxyl groups is 1. The lowest BCUT2D eigenvalue weighted by Gasteiger charge is -2.08. The van der Waals surface area contributed by atoms with Crippen molar-refractivity contribution in [1.82, 2.24) is 14.8 Å². The Bertz CT molecular complexity index is 929. The van der Waals surface area contributed by atoms with Crippen molar-refractivity contribution < 1.29 is 9.90 Å². The quantitative estimate of drug-likeness (QED) is 0.698. The summed E-state index contributed by atoms with van der Waals surface area (Å²) in [5, 5.41) is 17.2. The molecule has 1 aliphatic carbocycles. The number of hydrogen-bond acceptors (Lipinski definition) is 5. The van der Waals surface area contributed by atoms with Crippen molar-refractivity contribution in [3.63, 3.8) is 0 Å². The van der Waals surface area contributed by atoms with Gasteiger partial charge in [-0.3, -0.25) is 4.79 Å². The van der Waals surface area contributed by atoms with Crippen LogP contribution in [0.3, 0.4) is 0 Å². The lowest BCUT2D eigenvalue weighted by atomic mass is 10.1. The minimum Gasteiger partial charge on any atom is -0.392 e. The number of anilines is 1. The first-order chi connectivity index (χ1) is 12.6. The molecule has 1 aliphatic rings. The maximum atomic E-state index is 12.5. The highest BCUT2D eigenvalue weighted by Gasteiger charge is 2.26. The summed E-state index contributed by atoms with van der Waals surface area (Å²) >= 11 is 1.56. The van der Waals surface area contributed by atoms with Gasteiger partial charge >= 0.3 is 0 Å². The lowest BCUT2D eigenvalue weighted by molar-refractivity contribution is -0.117. The van der Waals surface area contributed by atoms with Gasteiger partial charge in [-0.15, -0.1) is 11.3 Å². The monoisotopic (exact) mass is 368 g/mol. The van der Waals surface area contributed by atoms with Crippen molar-refractivity contribution >= 4 is 22.4 Å². The molecule has 2 N–H and O–H groups in total. The molecule has 0 spiro atoms. The summed E-state index contributed by atoms with van der Waals surface area (Å²) in [6.07, 6.45) is 7.87. The molecule has 3 aromatic rings. The fraction of sp³-hybridized carbons (Fsp3) is 0.316. The van der Waals surface area contributed by atoms with Crippen molar-refractivity contribution in [3.8, 4) is 5.69 Å². The third kappa shape index (κ3) is 3.54. The van der Waals surface area contributed by atoms with Crippen LogP contribution >= 0.6 is 11.3 Å². The van der Waals surface area contributed by atoms with Gasteiger partial charge in [-0.1, -0.05) is 12.1 Å². The number of rotatable bonds is 6. The normalized spacial score (nSPS) is 15.0. The van der Waals surface area contributed by atoms with E-state index in [1.165, 1.54) is 17.7 Å². The van der Waals surface area contributed by atoms with Crippen LogP contribution in [0.5, 0.6) is 0 Å². The Labute approximate surface area is 155 Å². The SMILES string of the molecule is C[C@H](C(=O)Nc1ncc(C2CC2)s1)c1cnn(-c2cccc(CO)c2)c1. The Morgan fingerprint density at radius 3 is 3.04 bits per heavy atom. The summed E-state index contributed by atoms with van der Waals surface area (Å²) in [5.41, 5.74) is 2.50. The van der Waals surface area contributed by atoms with E-state index < -0.39 is 0 Å². The first-order valence-corrected chi connectivity index (χ1v) is 9.47. The number of carbonyl (C=O) groups is 1. The van der Waals surface area contributed by atoms with E-state index in [0.717, 1.165) is 16.8 Å². The molecule has 0 unspecified atom stereocenters. The van der Waals surface area contributed by atoms with E-state index in [0.29, 0.717) is 11.0 Å². The number of nitrogens with one attached hydrogen (secondary N) is 1. The minimum absolute atomic E-state index is 0.0164. The molecule has 1 saturated carbocycles. The van der Waals surface area contributed by atoms with E-state index in [1.54, 1.807) is 22.2 Å². The maximum absolute atomic E-state index is 12.5. The topological polar surface area (TPSA) is 80.0 Å². The molecule has 2 aromatic heterocycles. The van der Waals surface area contributed by atoms with Crippen LogP contribution in [0.1, 0.15) is 47.6 Å². The molecule has 1 amide bonds. The molecule has 134 valence electrons. The van der Waals surface area contributed by atoms with Gasteiger partial charge in [0, 0.05) is 22.8 Å². The number of thiazole rings is 1. The van der Waals surface area contributed by atoms with E-state index in [2.05, 4.69) is 15.4 Å². The average Bonchev–Trinajstić information content (AvgIpc) is 3.21. The number of amides is 1. The zero-order valence-electron chi connectivity index (χ0n) is 14.4. The highest BCUT2D eigenvalue weighted by molar-refractivity contribution is 7.15. The maximum Gasteiger partial charge on any atom is 0.233 e. The molecule has 0 bridgehead atoms. The van der Waals surface area contributed by atoms with Gasteiger partial charge in [0.15, 0.2) is 5.13 Å². The Kier molecular flexibility index (Phi) is 4.57. The van der Waals surface area contributed by atoms with Gasteiger partial charge < -0.3 is 10.4 Å². The van der Waals surface area contributed by atoms with Crippen LogP contribution in [0.4, 0.5) is 5.13 Å². The number of aliphatic hydroxyl groups excluding tert-OH is 1. The smallest absolute Gasteiger partial charge is 0.233 e. The van der Waals surface area contributed by atoms with E-state index in [4.69, 9.17) is 0 Å². The Morgan fingerprint density at radius 1 is 1.42 bits per heavy atom. The zero-order chi connectivity index (χ0) is 18.1. The van der Waals surface area contributed by atoms with Gasteiger partial charge in [0.05, 0.1) is 24.4 Å². The van der Waals surface area contributed by atoms with Gasteiger partial charge in [-0.25, -0.2) is 9.67 Å². The van der Waals surface area contributed by atoms with Crippen LogP contribution in [0.2, 0.25) is 0 Å².